The predicted octanol–water partition coefficient (Wildman–Crippen LogP) is 0.946. The summed E-state index contributed by atoms with van der Waals surface area (Å²) in [6.45, 7) is 0. The van der Waals surface area contributed by atoms with Gasteiger partial charge in [-0.1, -0.05) is 20.6 Å². The van der Waals surface area contributed by atoms with Gasteiger partial charge in [-0.05, 0) is 23.5 Å². The quantitative estimate of drug-likeness (QED) is 0.809. The molecule has 0 saturated carbocycles. The van der Waals surface area contributed by atoms with Gasteiger partial charge in [-0.2, -0.15) is 0 Å². The van der Waals surface area contributed by atoms with Crippen molar-refractivity contribution in [2.75, 3.05) is 5.32 Å². The molecule has 94 valence electrons. The summed E-state index contributed by atoms with van der Waals surface area (Å²) >= 11 is 3.10. The molecule has 0 aliphatic heterocycles. The molecule has 1 heterocycles. The number of carbonyl (C=O) groups is 1. The van der Waals surface area contributed by atoms with Crippen LogP contribution >= 0.6 is 15.9 Å². The highest BCUT2D eigenvalue weighted by molar-refractivity contribution is 9.10. The first-order valence-electron chi connectivity index (χ1n) is 4.83. The summed E-state index contributed by atoms with van der Waals surface area (Å²) in [6, 6.07) is 4.15. The number of nitrogens with zero attached hydrogens (tertiary/aromatic N) is 1. The molecule has 6 nitrogen and oxygen atoms in total. The summed E-state index contributed by atoms with van der Waals surface area (Å²) in [5.74, 6) is -1.37. The fraction of sp³-hybridized carbons (Fsp3) is 0.100. The van der Waals surface area contributed by atoms with Crippen LogP contribution in [0.15, 0.2) is 32.0 Å². The highest BCUT2D eigenvalue weighted by Crippen LogP contribution is 2.19. The first-order chi connectivity index (χ1) is 8.49. The zero-order chi connectivity index (χ0) is 13.3. The van der Waals surface area contributed by atoms with Crippen molar-refractivity contribution in [1.29, 1.82) is 0 Å². The maximum absolute atomic E-state index is 13.5. The van der Waals surface area contributed by atoms with Crippen LogP contribution in [0.2, 0.25) is 0 Å². The molecule has 18 heavy (non-hydrogen) atoms. The fourth-order valence-corrected chi connectivity index (χ4v) is 1.69. The minimum absolute atomic E-state index is 0.0243. The Balaban J connectivity index is 2.30. The summed E-state index contributed by atoms with van der Waals surface area (Å²) in [5.41, 5.74) is -1.10. The van der Waals surface area contributed by atoms with Crippen molar-refractivity contribution in [3.8, 4) is 0 Å². The molecular weight excluding hydrogens is 309 g/mol. The minimum Gasteiger partial charge on any atom is -0.314 e. The Bertz CT molecular complexity index is 665. The van der Waals surface area contributed by atoms with Crippen LogP contribution in [-0.2, 0) is 7.05 Å². The lowest BCUT2D eigenvalue weighted by molar-refractivity contribution is -0.741. The molecule has 0 atom stereocenters. The molecule has 0 bridgehead atoms. The van der Waals surface area contributed by atoms with Crippen LogP contribution in [0, 0.1) is 5.82 Å². The molecule has 1 aromatic carbocycles. The number of hydrogen-bond donors (Lipinski definition) is 2. The molecule has 2 aromatic rings. The minimum atomic E-state index is -0.826. The van der Waals surface area contributed by atoms with Gasteiger partial charge < -0.3 is 5.32 Å². The van der Waals surface area contributed by atoms with Gasteiger partial charge in [-0.25, -0.2) is 9.18 Å². The van der Waals surface area contributed by atoms with Crippen LogP contribution in [0.3, 0.4) is 0 Å². The maximum Gasteiger partial charge on any atom is 0.440 e. The second-order valence-electron chi connectivity index (χ2n) is 3.47. The molecule has 0 aliphatic carbocycles. The van der Waals surface area contributed by atoms with E-state index in [1.165, 1.54) is 19.2 Å². The molecule has 0 fully saturated rings. The van der Waals surface area contributed by atoms with E-state index >= 15 is 0 Å². The topological polar surface area (TPSA) is 79.0 Å². The lowest BCUT2D eigenvalue weighted by Crippen LogP contribution is -2.41. The van der Waals surface area contributed by atoms with Crippen molar-refractivity contribution in [2.45, 2.75) is 0 Å². The molecule has 1 aromatic heterocycles. The number of aryl methyl sites for hydroxylation is 1. The van der Waals surface area contributed by atoms with E-state index in [1.807, 2.05) is 0 Å². The van der Waals surface area contributed by atoms with E-state index < -0.39 is 17.3 Å². The van der Waals surface area contributed by atoms with Crippen LogP contribution < -0.4 is 15.6 Å². The van der Waals surface area contributed by atoms with Gasteiger partial charge in [0.2, 0.25) is 0 Å². The average molecular weight is 317 g/mol. The number of rotatable bonds is 2. The van der Waals surface area contributed by atoms with Gasteiger partial charge in [0.1, 0.15) is 5.82 Å². The Hall–Kier alpha value is -1.96. The third-order valence-electron chi connectivity index (χ3n) is 2.20. The average Bonchev–Trinajstić information content (AvgIpc) is 2.62. The van der Waals surface area contributed by atoms with Gasteiger partial charge in [0.25, 0.3) is 0 Å². The normalized spacial score (nSPS) is 10.4. The van der Waals surface area contributed by atoms with Crippen LogP contribution in [0.1, 0.15) is 10.5 Å². The molecule has 0 aliphatic rings. The summed E-state index contributed by atoms with van der Waals surface area (Å²) in [7, 11) is 1.43. The fourth-order valence-electron chi connectivity index (χ4n) is 1.36. The van der Waals surface area contributed by atoms with E-state index in [9.17, 15) is 14.0 Å². The molecule has 0 unspecified atom stereocenters. The predicted molar refractivity (Wildman–Crippen MR) is 62.6 cm³/mol. The zero-order valence-corrected chi connectivity index (χ0v) is 10.7. The molecule has 2 rings (SSSR count). The second-order valence-corrected chi connectivity index (χ2v) is 4.38. The van der Waals surface area contributed by atoms with Crippen LogP contribution in [-0.4, -0.2) is 11.2 Å². The third-order valence-corrected chi connectivity index (χ3v) is 2.69. The molecule has 2 N–H and O–H groups in total. The van der Waals surface area contributed by atoms with E-state index in [1.54, 1.807) is 6.07 Å². The van der Waals surface area contributed by atoms with E-state index in [2.05, 4.69) is 31.0 Å². The number of halogens is 2. The first-order valence-corrected chi connectivity index (χ1v) is 5.62. The number of carbonyl (C=O) groups excluding carboxylic acids is 1. The van der Waals surface area contributed by atoms with Gasteiger partial charge >= 0.3 is 17.2 Å². The maximum atomic E-state index is 13.5. The molecule has 8 heteroatoms. The van der Waals surface area contributed by atoms with Gasteiger partial charge in [-0.15, -0.1) is 0 Å². The highest BCUT2D eigenvalue weighted by atomic mass is 79.9. The zero-order valence-electron chi connectivity index (χ0n) is 9.16. The van der Waals surface area contributed by atoms with Crippen molar-refractivity contribution in [2.24, 2.45) is 7.05 Å². The summed E-state index contributed by atoms with van der Waals surface area (Å²) in [4.78, 5) is 23.0. The van der Waals surface area contributed by atoms with Gasteiger partial charge in [-0.3, -0.25) is 9.32 Å². The van der Waals surface area contributed by atoms with Gasteiger partial charge in [0.15, 0.2) is 7.05 Å². The monoisotopic (exact) mass is 316 g/mol. The molecule has 0 saturated heterocycles. The van der Waals surface area contributed by atoms with Crippen molar-refractivity contribution < 1.29 is 18.4 Å². The van der Waals surface area contributed by atoms with Crippen LogP contribution in [0.25, 0.3) is 0 Å². The molecule has 0 spiro atoms. The number of aromatic nitrogens is 2. The lowest BCUT2D eigenvalue weighted by Gasteiger charge is -2.03. The Morgan fingerprint density at radius 1 is 1.56 bits per heavy atom. The smallest absolute Gasteiger partial charge is 0.314 e. The Labute approximate surface area is 108 Å². The molecule has 1 amide bonds. The van der Waals surface area contributed by atoms with Crippen LogP contribution in [0.5, 0.6) is 0 Å². The third kappa shape index (κ3) is 2.33. The Morgan fingerprint density at radius 3 is 2.83 bits per heavy atom. The number of nitrogens with one attached hydrogen (secondary N) is 2. The number of hydrogen-bond acceptors (Lipinski definition) is 3. The molecular formula is C10H8BrFN3O3+. The van der Waals surface area contributed by atoms with Crippen molar-refractivity contribution >= 4 is 27.5 Å². The number of amides is 1. The van der Waals surface area contributed by atoms with E-state index in [-0.39, 0.29) is 11.4 Å². The number of aromatic amines is 1. The number of H-pyrrole nitrogens is 1. The summed E-state index contributed by atoms with van der Waals surface area (Å²) < 4.78 is 19.6. The van der Waals surface area contributed by atoms with E-state index in [0.29, 0.717) is 4.47 Å². The number of anilines is 1. The van der Waals surface area contributed by atoms with E-state index in [0.717, 1.165) is 4.68 Å². The summed E-state index contributed by atoms with van der Waals surface area (Å²) in [5, 5.41) is 4.48. The lowest BCUT2D eigenvalue weighted by atomic mass is 10.3. The Morgan fingerprint density at radius 2 is 2.28 bits per heavy atom. The number of benzene rings is 1. The van der Waals surface area contributed by atoms with Crippen LogP contribution in [0.4, 0.5) is 10.1 Å². The van der Waals surface area contributed by atoms with Gasteiger partial charge in [0.05, 0.1) is 5.69 Å². The first kappa shape index (κ1) is 12.5. The molecule has 0 radical (unpaired) electrons. The Kier molecular flexibility index (Phi) is 3.28. The highest BCUT2D eigenvalue weighted by Gasteiger charge is 2.27. The van der Waals surface area contributed by atoms with Crippen molar-refractivity contribution in [1.82, 2.24) is 5.27 Å². The largest absolute Gasteiger partial charge is 0.440 e. The standard InChI is InChI=1S/C10H7BrFN3O3/c1-15-8(10(17)18-14-15)9(16)13-7-3-2-5(11)4-6(7)12/h2-4H,1H3,(H-,13,14,16,17)/p+1. The van der Waals surface area contributed by atoms with E-state index in [4.69, 9.17) is 0 Å². The summed E-state index contributed by atoms with van der Waals surface area (Å²) in [6.07, 6.45) is 0. The van der Waals surface area contributed by atoms with Crippen molar-refractivity contribution in [3.63, 3.8) is 0 Å². The second kappa shape index (κ2) is 4.73. The SMILES string of the molecule is C[n+]1[nH]oc(=O)c1C(=O)Nc1ccc(Br)cc1F. The van der Waals surface area contributed by atoms with Crippen molar-refractivity contribution in [3.05, 3.63) is 44.6 Å². The van der Waals surface area contributed by atoms with Gasteiger partial charge in [0, 0.05) is 4.47 Å².